The number of carbonyl (C=O) groups is 1. The summed E-state index contributed by atoms with van der Waals surface area (Å²) in [6.07, 6.45) is 0. The van der Waals surface area contributed by atoms with Crippen LogP contribution in [0.3, 0.4) is 0 Å². The Morgan fingerprint density at radius 2 is 2.45 bits per heavy atom. The highest BCUT2D eigenvalue weighted by molar-refractivity contribution is 9.11. The van der Waals surface area contributed by atoms with E-state index in [1.54, 1.807) is 0 Å². The van der Waals surface area contributed by atoms with Gasteiger partial charge in [0.25, 0.3) is 0 Å². The van der Waals surface area contributed by atoms with Crippen molar-refractivity contribution in [2.24, 2.45) is 0 Å². The zero-order valence-electron chi connectivity index (χ0n) is 5.67. The van der Waals surface area contributed by atoms with Crippen LogP contribution in [0.25, 0.3) is 0 Å². The molecule has 0 saturated heterocycles. The first kappa shape index (κ1) is 9.09. The normalized spacial score (nSPS) is 9.64. The van der Waals surface area contributed by atoms with E-state index in [2.05, 4.69) is 20.7 Å². The van der Waals surface area contributed by atoms with Gasteiger partial charge in [0.2, 0.25) is 0 Å². The molecule has 0 aliphatic heterocycles. The Kier molecular flexibility index (Phi) is 3.42. The molecule has 2 nitrogen and oxygen atoms in total. The number of rotatable bonds is 1. The summed E-state index contributed by atoms with van der Waals surface area (Å²) in [7, 11) is 1.37. The van der Waals surface area contributed by atoms with E-state index in [9.17, 15) is 4.79 Å². The number of methoxy groups -OCH3 is 1. The molecule has 0 atom stereocenters. The van der Waals surface area contributed by atoms with Gasteiger partial charge in [-0.1, -0.05) is 0 Å². The third-order valence-corrected chi connectivity index (χ3v) is 3.49. The van der Waals surface area contributed by atoms with Crippen LogP contribution in [-0.2, 0) is 4.74 Å². The number of halogens is 1. The second kappa shape index (κ2) is 4.13. The first-order chi connectivity index (χ1) is 5.22. The number of thiophene rings is 1. The van der Waals surface area contributed by atoms with Crippen LogP contribution in [0.5, 0.6) is 0 Å². The Hall–Kier alpha value is -0.0000000000000000833. The van der Waals surface area contributed by atoms with Crippen LogP contribution in [0.15, 0.2) is 20.1 Å². The molecule has 0 fully saturated rings. The molecule has 0 N–H and O–H groups in total. The van der Waals surface area contributed by atoms with E-state index in [4.69, 9.17) is 0 Å². The van der Waals surface area contributed by atoms with E-state index in [1.165, 1.54) is 18.4 Å². The van der Waals surface area contributed by atoms with Crippen molar-refractivity contribution < 1.29 is 9.53 Å². The fourth-order valence-electron chi connectivity index (χ4n) is 0.476. The maximum atomic E-state index is 10.7. The van der Waals surface area contributed by atoms with Crippen LogP contribution in [0.4, 0.5) is 4.79 Å². The van der Waals surface area contributed by atoms with Gasteiger partial charge < -0.3 is 4.74 Å². The number of ether oxygens (including phenoxy) is 1. The van der Waals surface area contributed by atoms with E-state index in [-0.39, 0.29) is 5.30 Å². The topological polar surface area (TPSA) is 26.3 Å². The summed E-state index contributed by atoms with van der Waals surface area (Å²) in [4.78, 5) is 10.7. The van der Waals surface area contributed by atoms with E-state index >= 15 is 0 Å². The Morgan fingerprint density at radius 3 is 2.91 bits per heavy atom. The van der Waals surface area contributed by atoms with Gasteiger partial charge in [0.15, 0.2) is 0 Å². The lowest BCUT2D eigenvalue weighted by Crippen LogP contribution is -1.87. The van der Waals surface area contributed by atoms with Crippen molar-refractivity contribution in [2.75, 3.05) is 7.11 Å². The van der Waals surface area contributed by atoms with Gasteiger partial charge in [-0.05, 0) is 28.1 Å². The van der Waals surface area contributed by atoms with E-state index < -0.39 is 0 Å². The average molecular weight is 253 g/mol. The van der Waals surface area contributed by atoms with Crippen LogP contribution < -0.4 is 0 Å². The molecule has 0 aromatic carbocycles. The highest BCUT2D eigenvalue weighted by Crippen LogP contribution is 2.31. The van der Waals surface area contributed by atoms with Crippen LogP contribution >= 0.6 is 39.0 Å². The van der Waals surface area contributed by atoms with Gasteiger partial charge in [0, 0.05) is 11.8 Å². The summed E-state index contributed by atoms with van der Waals surface area (Å²) in [5.74, 6) is 0. The number of hydrogen-bond acceptors (Lipinski definition) is 4. The minimum atomic E-state index is -0.278. The first-order valence-corrected chi connectivity index (χ1v) is 5.16. The van der Waals surface area contributed by atoms with Crippen LogP contribution in [-0.4, -0.2) is 12.4 Å². The highest BCUT2D eigenvalue weighted by Gasteiger charge is 2.05. The summed E-state index contributed by atoms with van der Waals surface area (Å²) in [5.41, 5.74) is 0. The fraction of sp³-hybridized carbons (Fsp3) is 0.167. The molecule has 60 valence electrons. The van der Waals surface area contributed by atoms with Gasteiger partial charge in [-0.3, -0.25) is 0 Å². The lowest BCUT2D eigenvalue weighted by atomic mass is 10.7. The van der Waals surface area contributed by atoms with Crippen molar-refractivity contribution in [3.05, 3.63) is 15.9 Å². The molecule has 11 heavy (non-hydrogen) atoms. The third kappa shape index (κ3) is 2.84. The molecule has 1 aromatic rings. The zero-order chi connectivity index (χ0) is 8.27. The second-order valence-electron chi connectivity index (χ2n) is 1.61. The van der Waals surface area contributed by atoms with Gasteiger partial charge >= 0.3 is 5.30 Å². The molecule has 5 heteroatoms. The molecule has 0 aliphatic rings. The molecule has 1 aromatic heterocycles. The van der Waals surface area contributed by atoms with Crippen molar-refractivity contribution in [3.63, 3.8) is 0 Å². The minimum absolute atomic E-state index is 0.278. The standard InChI is InChI=1S/C6H5BrO2S2/c1-9-6(8)11-5-3-2-4(7)10-5/h2-3H,1H3. The smallest absolute Gasteiger partial charge is 0.372 e. The van der Waals surface area contributed by atoms with Gasteiger partial charge in [-0.15, -0.1) is 11.3 Å². The van der Waals surface area contributed by atoms with Crippen molar-refractivity contribution >= 4 is 44.3 Å². The number of carbonyl (C=O) groups excluding carboxylic acids is 1. The summed E-state index contributed by atoms with van der Waals surface area (Å²) >= 11 is 5.90. The molecule has 0 bridgehead atoms. The van der Waals surface area contributed by atoms with Crippen LogP contribution in [0, 0.1) is 0 Å². The maximum absolute atomic E-state index is 10.7. The Labute approximate surface area is 81.1 Å². The summed E-state index contributed by atoms with van der Waals surface area (Å²) in [6, 6.07) is 3.77. The quantitative estimate of drug-likeness (QED) is 0.567. The van der Waals surface area contributed by atoms with E-state index in [0.29, 0.717) is 0 Å². The molecule has 0 spiro atoms. The number of thioether (sulfide) groups is 1. The molecule has 0 saturated carbocycles. The van der Waals surface area contributed by atoms with Crippen molar-refractivity contribution in [3.8, 4) is 0 Å². The maximum Gasteiger partial charge on any atom is 0.372 e. The van der Waals surface area contributed by atoms with Crippen molar-refractivity contribution in [1.82, 2.24) is 0 Å². The predicted molar refractivity (Wildman–Crippen MR) is 50.3 cm³/mol. The minimum Gasteiger partial charge on any atom is -0.461 e. The molecule has 0 amide bonds. The molecule has 0 aliphatic carbocycles. The molecular weight excluding hydrogens is 248 g/mol. The Balaban J connectivity index is 2.57. The summed E-state index contributed by atoms with van der Waals surface area (Å²) in [5, 5.41) is -0.278. The molecule has 0 radical (unpaired) electrons. The third-order valence-electron chi connectivity index (χ3n) is 0.899. The highest BCUT2D eigenvalue weighted by atomic mass is 79.9. The Morgan fingerprint density at radius 1 is 1.73 bits per heavy atom. The van der Waals surface area contributed by atoms with Crippen LogP contribution in [0.2, 0.25) is 0 Å². The van der Waals surface area contributed by atoms with Gasteiger partial charge in [-0.25, -0.2) is 4.79 Å². The first-order valence-electron chi connectivity index (χ1n) is 2.73. The molecule has 1 heterocycles. The van der Waals surface area contributed by atoms with Crippen molar-refractivity contribution in [2.45, 2.75) is 4.21 Å². The average Bonchev–Trinajstić information content (AvgIpc) is 2.35. The SMILES string of the molecule is COC(=O)Sc1ccc(Br)s1. The van der Waals surface area contributed by atoms with Gasteiger partial charge in [-0.2, -0.15) is 0 Å². The summed E-state index contributed by atoms with van der Waals surface area (Å²) in [6.45, 7) is 0. The van der Waals surface area contributed by atoms with E-state index in [0.717, 1.165) is 19.8 Å². The fourth-order valence-corrected chi connectivity index (χ4v) is 2.94. The molecular formula is C6H5BrO2S2. The van der Waals surface area contributed by atoms with Crippen molar-refractivity contribution in [1.29, 1.82) is 0 Å². The lowest BCUT2D eigenvalue weighted by Gasteiger charge is -1.92. The van der Waals surface area contributed by atoms with Crippen LogP contribution in [0.1, 0.15) is 0 Å². The monoisotopic (exact) mass is 252 g/mol. The Bertz CT molecular complexity index is 259. The number of hydrogen-bond donors (Lipinski definition) is 0. The largest absolute Gasteiger partial charge is 0.461 e. The summed E-state index contributed by atoms with van der Waals surface area (Å²) < 4.78 is 6.43. The van der Waals surface area contributed by atoms with Gasteiger partial charge in [0.05, 0.1) is 15.1 Å². The second-order valence-corrected chi connectivity index (χ2v) is 5.31. The zero-order valence-corrected chi connectivity index (χ0v) is 8.88. The van der Waals surface area contributed by atoms with E-state index in [1.807, 2.05) is 12.1 Å². The van der Waals surface area contributed by atoms with Gasteiger partial charge in [0.1, 0.15) is 0 Å². The predicted octanol–water partition coefficient (Wildman–Crippen LogP) is 3.37. The lowest BCUT2D eigenvalue weighted by molar-refractivity contribution is 0.200. The molecule has 1 rings (SSSR count). The molecule has 0 unspecified atom stereocenters.